The lowest BCUT2D eigenvalue weighted by Gasteiger charge is -2.22. The SMILES string of the molecule is O=C(O)CC1(c2ccccc2C2(CO)CC2)CC1. The third kappa shape index (κ3) is 1.74. The van der Waals surface area contributed by atoms with E-state index in [-0.39, 0.29) is 23.9 Å². The van der Waals surface area contributed by atoms with Crippen molar-refractivity contribution in [3.8, 4) is 0 Å². The number of carboxylic acids is 1. The van der Waals surface area contributed by atoms with Crippen molar-refractivity contribution in [2.75, 3.05) is 6.61 Å². The molecule has 18 heavy (non-hydrogen) atoms. The monoisotopic (exact) mass is 246 g/mol. The fraction of sp³-hybridized carbons (Fsp3) is 0.533. The van der Waals surface area contributed by atoms with Crippen LogP contribution >= 0.6 is 0 Å². The van der Waals surface area contributed by atoms with E-state index in [1.807, 2.05) is 12.1 Å². The van der Waals surface area contributed by atoms with Gasteiger partial charge in [0, 0.05) is 10.8 Å². The molecule has 0 unspecified atom stereocenters. The van der Waals surface area contributed by atoms with E-state index >= 15 is 0 Å². The number of aliphatic carboxylic acids is 1. The molecule has 0 aliphatic heterocycles. The number of carbonyl (C=O) groups is 1. The topological polar surface area (TPSA) is 57.5 Å². The first kappa shape index (κ1) is 11.7. The zero-order chi connectivity index (χ0) is 12.8. The Balaban J connectivity index is 2.00. The van der Waals surface area contributed by atoms with Gasteiger partial charge >= 0.3 is 5.97 Å². The average molecular weight is 246 g/mol. The predicted molar refractivity (Wildman–Crippen MR) is 67.6 cm³/mol. The largest absolute Gasteiger partial charge is 0.481 e. The highest BCUT2D eigenvalue weighted by Gasteiger charge is 2.52. The first-order valence-electron chi connectivity index (χ1n) is 6.55. The third-order valence-corrected chi connectivity index (χ3v) is 4.57. The Morgan fingerprint density at radius 2 is 1.56 bits per heavy atom. The fourth-order valence-electron chi connectivity index (χ4n) is 3.05. The van der Waals surface area contributed by atoms with Crippen molar-refractivity contribution < 1.29 is 15.0 Å². The van der Waals surface area contributed by atoms with E-state index in [9.17, 15) is 9.90 Å². The second-order valence-electron chi connectivity index (χ2n) is 5.83. The first-order valence-corrected chi connectivity index (χ1v) is 6.55. The zero-order valence-corrected chi connectivity index (χ0v) is 10.4. The third-order valence-electron chi connectivity index (χ3n) is 4.57. The van der Waals surface area contributed by atoms with Gasteiger partial charge in [-0.15, -0.1) is 0 Å². The number of aliphatic hydroxyl groups is 1. The molecule has 0 amide bonds. The number of aliphatic hydroxyl groups excluding tert-OH is 1. The maximum Gasteiger partial charge on any atom is 0.304 e. The molecule has 3 heteroatoms. The molecule has 0 bridgehead atoms. The molecule has 2 fully saturated rings. The van der Waals surface area contributed by atoms with Crippen LogP contribution < -0.4 is 0 Å². The van der Waals surface area contributed by atoms with Gasteiger partial charge in [0.2, 0.25) is 0 Å². The van der Waals surface area contributed by atoms with Gasteiger partial charge in [0.25, 0.3) is 0 Å². The fourth-order valence-corrected chi connectivity index (χ4v) is 3.05. The van der Waals surface area contributed by atoms with Crippen molar-refractivity contribution in [1.29, 1.82) is 0 Å². The second kappa shape index (κ2) is 3.82. The van der Waals surface area contributed by atoms with Gasteiger partial charge < -0.3 is 10.2 Å². The van der Waals surface area contributed by atoms with Crippen LogP contribution in [0, 0.1) is 0 Å². The molecule has 2 N–H and O–H groups in total. The molecule has 3 nitrogen and oxygen atoms in total. The van der Waals surface area contributed by atoms with Crippen molar-refractivity contribution in [2.45, 2.75) is 42.9 Å². The van der Waals surface area contributed by atoms with E-state index in [2.05, 4.69) is 12.1 Å². The number of rotatable bonds is 5. The van der Waals surface area contributed by atoms with E-state index in [0.717, 1.165) is 25.7 Å². The van der Waals surface area contributed by atoms with Gasteiger partial charge in [0.15, 0.2) is 0 Å². The van der Waals surface area contributed by atoms with Crippen molar-refractivity contribution >= 4 is 5.97 Å². The summed E-state index contributed by atoms with van der Waals surface area (Å²) in [7, 11) is 0. The van der Waals surface area contributed by atoms with Gasteiger partial charge in [0.05, 0.1) is 13.0 Å². The molecule has 1 aromatic rings. The number of benzene rings is 1. The Labute approximate surface area is 106 Å². The standard InChI is InChI=1S/C15H18O3/c16-10-15(7-8-15)12-4-2-1-3-11(12)14(5-6-14)9-13(17)18/h1-4,16H,5-10H2,(H,17,18). The highest BCUT2D eigenvalue weighted by atomic mass is 16.4. The minimum absolute atomic E-state index is 0.0787. The van der Waals surface area contributed by atoms with Crippen LogP contribution in [0.15, 0.2) is 24.3 Å². The average Bonchev–Trinajstić information content (AvgIpc) is 3.24. The Hall–Kier alpha value is -1.35. The molecule has 96 valence electrons. The van der Waals surface area contributed by atoms with Crippen LogP contribution in [0.4, 0.5) is 0 Å². The smallest absolute Gasteiger partial charge is 0.304 e. The van der Waals surface area contributed by atoms with Crippen LogP contribution in [0.3, 0.4) is 0 Å². The number of hydrogen-bond donors (Lipinski definition) is 2. The minimum atomic E-state index is -0.726. The van der Waals surface area contributed by atoms with Gasteiger partial charge in [-0.3, -0.25) is 4.79 Å². The summed E-state index contributed by atoms with van der Waals surface area (Å²) in [5.74, 6) is -0.726. The minimum Gasteiger partial charge on any atom is -0.481 e. The van der Waals surface area contributed by atoms with Crippen LogP contribution in [0.5, 0.6) is 0 Å². The summed E-state index contributed by atoms with van der Waals surface area (Å²) >= 11 is 0. The molecule has 0 heterocycles. The Morgan fingerprint density at radius 1 is 1.06 bits per heavy atom. The summed E-state index contributed by atoms with van der Waals surface area (Å²) in [6.07, 6.45) is 4.16. The van der Waals surface area contributed by atoms with Crippen LogP contribution in [0.25, 0.3) is 0 Å². The normalized spacial score (nSPS) is 22.5. The second-order valence-corrected chi connectivity index (χ2v) is 5.83. The van der Waals surface area contributed by atoms with Gasteiger partial charge in [-0.1, -0.05) is 24.3 Å². The molecule has 2 aliphatic rings. The molecular formula is C15H18O3. The molecule has 1 aromatic carbocycles. The quantitative estimate of drug-likeness (QED) is 0.837. The first-order chi connectivity index (χ1) is 8.62. The zero-order valence-electron chi connectivity index (χ0n) is 10.4. The molecule has 0 saturated heterocycles. The lowest BCUT2D eigenvalue weighted by atomic mass is 9.82. The molecular weight excluding hydrogens is 228 g/mol. The summed E-state index contributed by atoms with van der Waals surface area (Å²) < 4.78 is 0. The van der Waals surface area contributed by atoms with Gasteiger partial charge in [0.1, 0.15) is 0 Å². The van der Waals surface area contributed by atoms with Crippen molar-refractivity contribution in [3.63, 3.8) is 0 Å². The molecule has 2 saturated carbocycles. The molecule has 2 aliphatic carbocycles. The number of carboxylic acid groups (broad SMARTS) is 1. The molecule has 0 radical (unpaired) electrons. The maximum atomic E-state index is 11.0. The van der Waals surface area contributed by atoms with Crippen molar-refractivity contribution in [2.24, 2.45) is 0 Å². The highest BCUT2D eigenvalue weighted by Crippen LogP contribution is 2.57. The summed E-state index contributed by atoms with van der Waals surface area (Å²) in [5, 5.41) is 18.7. The van der Waals surface area contributed by atoms with E-state index in [1.54, 1.807) is 0 Å². The molecule has 0 aromatic heterocycles. The van der Waals surface area contributed by atoms with E-state index in [0.29, 0.717) is 0 Å². The summed E-state index contributed by atoms with van der Waals surface area (Å²) in [5.41, 5.74) is 2.11. The van der Waals surface area contributed by atoms with Crippen molar-refractivity contribution in [1.82, 2.24) is 0 Å². The van der Waals surface area contributed by atoms with Gasteiger partial charge in [-0.05, 0) is 36.8 Å². The van der Waals surface area contributed by atoms with Crippen LogP contribution in [-0.4, -0.2) is 22.8 Å². The molecule has 0 spiro atoms. The highest BCUT2D eigenvalue weighted by molar-refractivity contribution is 5.70. The van der Waals surface area contributed by atoms with Gasteiger partial charge in [-0.25, -0.2) is 0 Å². The molecule has 3 rings (SSSR count). The van der Waals surface area contributed by atoms with Crippen molar-refractivity contribution in [3.05, 3.63) is 35.4 Å². The van der Waals surface area contributed by atoms with E-state index in [4.69, 9.17) is 5.11 Å². The Morgan fingerprint density at radius 3 is 1.94 bits per heavy atom. The Bertz CT molecular complexity index is 484. The summed E-state index contributed by atoms with van der Waals surface area (Å²) in [6, 6.07) is 8.10. The van der Waals surface area contributed by atoms with Crippen LogP contribution in [0.1, 0.15) is 43.2 Å². The van der Waals surface area contributed by atoms with E-state index < -0.39 is 5.97 Å². The lowest BCUT2D eigenvalue weighted by molar-refractivity contribution is -0.137. The van der Waals surface area contributed by atoms with Gasteiger partial charge in [-0.2, -0.15) is 0 Å². The van der Waals surface area contributed by atoms with Crippen LogP contribution in [-0.2, 0) is 15.6 Å². The Kier molecular flexibility index (Phi) is 2.49. The number of hydrogen-bond acceptors (Lipinski definition) is 2. The van der Waals surface area contributed by atoms with E-state index in [1.165, 1.54) is 11.1 Å². The predicted octanol–water partition coefficient (Wildman–Crippen LogP) is 2.22. The maximum absolute atomic E-state index is 11.0. The van der Waals surface area contributed by atoms with Crippen LogP contribution in [0.2, 0.25) is 0 Å². The summed E-state index contributed by atoms with van der Waals surface area (Å²) in [4.78, 5) is 11.0. The lowest BCUT2D eigenvalue weighted by Crippen LogP contribution is -2.21. The molecule has 0 atom stereocenters. The summed E-state index contributed by atoms with van der Waals surface area (Å²) in [6.45, 7) is 0.174.